The number of aryl methyl sites for hydroxylation is 1. The number of hydrogen-bond acceptors (Lipinski definition) is 4. The highest BCUT2D eigenvalue weighted by molar-refractivity contribution is 5.99. The van der Waals surface area contributed by atoms with Crippen LogP contribution in [0, 0.1) is 18.8 Å². The number of carbonyl (C=O) groups excluding carboxylic acids is 1. The van der Waals surface area contributed by atoms with Crippen molar-refractivity contribution in [2.75, 3.05) is 20.2 Å². The molecular formula is C19H23N3O2. The summed E-state index contributed by atoms with van der Waals surface area (Å²) in [6, 6.07) is 7.94. The average molecular weight is 325 g/mol. The maximum absolute atomic E-state index is 13.0. The summed E-state index contributed by atoms with van der Waals surface area (Å²) in [7, 11) is 1.64. The lowest BCUT2D eigenvalue weighted by Crippen LogP contribution is -2.33. The van der Waals surface area contributed by atoms with E-state index in [-0.39, 0.29) is 11.9 Å². The second-order valence-electron chi connectivity index (χ2n) is 7.06. The van der Waals surface area contributed by atoms with Crippen LogP contribution in [-0.4, -0.2) is 42.0 Å². The fraction of sp³-hybridized carbons (Fsp3) is 0.474. The van der Waals surface area contributed by atoms with Gasteiger partial charge in [0.05, 0.1) is 23.9 Å². The Labute approximate surface area is 141 Å². The highest BCUT2D eigenvalue weighted by Crippen LogP contribution is 2.37. The molecule has 1 aliphatic heterocycles. The first-order valence-electron chi connectivity index (χ1n) is 8.57. The van der Waals surface area contributed by atoms with Gasteiger partial charge in [-0.05, 0) is 49.8 Å². The van der Waals surface area contributed by atoms with E-state index in [0.29, 0.717) is 17.4 Å². The molecule has 3 atom stereocenters. The molecule has 1 saturated carbocycles. The van der Waals surface area contributed by atoms with Gasteiger partial charge in [-0.1, -0.05) is 0 Å². The Kier molecular flexibility index (Phi) is 3.68. The van der Waals surface area contributed by atoms with Gasteiger partial charge in [-0.2, -0.15) is 0 Å². The van der Waals surface area contributed by atoms with Crippen LogP contribution in [0.4, 0.5) is 0 Å². The Morgan fingerprint density at radius 3 is 2.88 bits per heavy atom. The number of amides is 1. The van der Waals surface area contributed by atoms with Crippen molar-refractivity contribution in [3.63, 3.8) is 0 Å². The number of nitrogens with two attached hydrogens (primary N) is 1. The number of ether oxygens (including phenoxy) is 1. The summed E-state index contributed by atoms with van der Waals surface area (Å²) in [5.41, 5.74) is 8.50. The topological polar surface area (TPSA) is 68.5 Å². The summed E-state index contributed by atoms with van der Waals surface area (Å²) in [4.78, 5) is 19.6. The monoisotopic (exact) mass is 325 g/mol. The molecule has 126 valence electrons. The molecule has 1 aliphatic carbocycles. The lowest BCUT2D eigenvalue weighted by atomic mass is 9.98. The zero-order valence-electron chi connectivity index (χ0n) is 14.2. The van der Waals surface area contributed by atoms with E-state index in [2.05, 4.69) is 4.98 Å². The highest BCUT2D eigenvalue weighted by Gasteiger charge is 2.42. The van der Waals surface area contributed by atoms with Crippen molar-refractivity contribution >= 4 is 16.8 Å². The second-order valence-corrected chi connectivity index (χ2v) is 7.06. The van der Waals surface area contributed by atoms with Gasteiger partial charge in [-0.15, -0.1) is 0 Å². The molecule has 2 aromatic rings. The van der Waals surface area contributed by atoms with E-state index in [1.807, 2.05) is 36.1 Å². The Morgan fingerprint density at radius 2 is 2.12 bits per heavy atom. The number of hydrogen-bond donors (Lipinski definition) is 1. The molecule has 5 heteroatoms. The van der Waals surface area contributed by atoms with Gasteiger partial charge in [0, 0.05) is 30.6 Å². The van der Waals surface area contributed by atoms with E-state index < -0.39 is 0 Å². The minimum atomic E-state index is 0.0827. The van der Waals surface area contributed by atoms with Gasteiger partial charge in [0.2, 0.25) is 0 Å². The van der Waals surface area contributed by atoms with E-state index in [0.717, 1.165) is 48.3 Å². The molecule has 0 spiro atoms. The molecule has 24 heavy (non-hydrogen) atoms. The molecule has 1 aromatic carbocycles. The first-order valence-corrected chi connectivity index (χ1v) is 8.57. The molecule has 2 N–H and O–H groups in total. The van der Waals surface area contributed by atoms with E-state index in [9.17, 15) is 4.79 Å². The number of pyridine rings is 1. The maximum Gasteiger partial charge on any atom is 0.255 e. The predicted octanol–water partition coefficient (Wildman–Crippen LogP) is 2.36. The number of fused-ring (bicyclic) bond motifs is 2. The van der Waals surface area contributed by atoms with Gasteiger partial charge >= 0.3 is 0 Å². The standard InChI is InChI=1S/C19H23N3O2/c1-11-15(7-12-3-5-14(24-2)8-18(12)21-11)19(23)22-9-13-4-6-17(20)16(13)10-22/h3,5,7-8,13,16-17H,4,6,9-10,20H2,1-2H3. The molecule has 1 amide bonds. The molecule has 0 radical (unpaired) electrons. The van der Waals surface area contributed by atoms with Crippen molar-refractivity contribution in [1.82, 2.24) is 9.88 Å². The summed E-state index contributed by atoms with van der Waals surface area (Å²) in [6.45, 7) is 3.51. The summed E-state index contributed by atoms with van der Waals surface area (Å²) >= 11 is 0. The van der Waals surface area contributed by atoms with Crippen molar-refractivity contribution in [2.45, 2.75) is 25.8 Å². The van der Waals surface area contributed by atoms with Gasteiger partial charge in [0.15, 0.2) is 0 Å². The Morgan fingerprint density at radius 1 is 1.29 bits per heavy atom. The van der Waals surface area contributed by atoms with E-state index >= 15 is 0 Å². The van der Waals surface area contributed by atoms with Crippen LogP contribution in [0.25, 0.3) is 10.9 Å². The van der Waals surface area contributed by atoms with Crippen LogP contribution in [0.2, 0.25) is 0 Å². The Balaban J connectivity index is 1.64. The minimum absolute atomic E-state index is 0.0827. The van der Waals surface area contributed by atoms with Gasteiger partial charge in [0.1, 0.15) is 5.75 Å². The van der Waals surface area contributed by atoms with Crippen molar-refractivity contribution in [3.05, 3.63) is 35.5 Å². The fourth-order valence-corrected chi connectivity index (χ4v) is 4.23. The van der Waals surface area contributed by atoms with Crippen LogP contribution >= 0.6 is 0 Å². The highest BCUT2D eigenvalue weighted by atomic mass is 16.5. The van der Waals surface area contributed by atoms with Gasteiger partial charge in [-0.3, -0.25) is 9.78 Å². The number of aromatic nitrogens is 1. The zero-order valence-corrected chi connectivity index (χ0v) is 14.2. The third kappa shape index (κ3) is 2.44. The van der Waals surface area contributed by atoms with Crippen LogP contribution in [0.1, 0.15) is 28.9 Å². The molecule has 2 fully saturated rings. The molecule has 0 bridgehead atoms. The summed E-state index contributed by atoms with van der Waals surface area (Å²) in [5.74, 6) is 1.89. The smallest absolute Gasteiger partial charge is 0.255 e. The fourth-order valence-electron chi connectivity index (χ4n) is 4.23. The summed E-state index contributed by atoms with van der Waals surface area (Å²) < 4.78 is 5.25. The Bertz CT molecular complexity index is 805. The lowest BCUT2D eigenvalue weighted by Gasteiger charge is -2.20. The predicted molar refractivity (Wildman–Crippen MR) is 93.1 cm³/mol. The van der Waals surface area contributed by atoms with Crippen molar-refractivity contribution in [2.24, 2.45) is 17.6 Å². The molecule has 2 aliphatic rings. The zero-order chi connectivity index (χ0) is 16.8. The second kappa shape index (κ2) is 5.74. The van der Waals surface area contributed by atoms with Crippen LogP contribution in [0.3, 0.4) is 0 Å². The number of carbonyl (C=O) groups is 1. The number of likely N-dealkylation sites (tertiary alicyclic amines) is 1. The Hall–Kier alpha value is -2.14. The molecule has 1 saturated heterocycles. The van der Waals surface area contributed by atoms with Crippen LogP contribution in [0.5, 0.6) is 5.75 Å². The van der Waals surface area contributed by atoms with E-state index in [1.54, 1.807) is 7.11 Å². The molecule has 1 aromatic heterocycles. The quantitative estimate of drug-likeness (QED) is 0.920. The number of nitrogens with zero attached hydrogens (tertiary/aromatic N) is 2. The van der Waals surface area contributed by atoms with Crippen LogP contribution in [-0.2, 0) is 0 Å². The van der Waals surface area contributed by atoms with Crippen LogP contribution in [0.15, 0.2) is 24.3 Å². The average Bonchev–Trinajstić information content (AvgIpc) is 3.15. The number of rotatable bonds is 2. The third-order valence-electron chi connectivity index (χ3n) is 5.65. The lowest BCUT2D eigenvalue weighted by molar-refractivity contribution is 0.0778. The van der Waals surface area contributed by atoms with Gasteiger partial charge < -0.3 is 15.4 Å². The first-order chi connectivity index (χ1) is 11.6. The number of methoxy groups -OCH3 is 1. The SMILES string of the molecule is COc1ccc2cc(C(=O)N3CC4CCC(N)C4C3)c(C)nc2c1. The van der Waals surface area contributed by atoms with Gasteiger partial charge in [0.25, 0.3) is 5.91 Å². The summed E-state index contributed by atoms with van der Waals surface area (Å²) in [5, 5.41) is 0.959. The van der Waals surface area contributed by atoms with Gasteiger partial charge in [-0.25, -0.2) is 0 Å². The van der Waals surface area contributed by atoms with Crippen LogP contribution < -0.4 is 10.5 Å². The largest absolute Gasteiger partial charge is 0.497 e. The first kappa shape index (κ1) is 15.4. The molecule has 4 rings (SSSR count). The maximum atomic E-state index is 13.0. The molecule has 3 unspecified atom stereocenters. The molecule has 5 nitrogen and oxygen atoms in total. The summed E-state index contributed by atoms with van der Waals surface area (Å²) in [6.07, 6.45) is 2.24. The molecular weight excluding hydrogens is 302 g/mol. The van der Waals surface area contributed by atoms with Crippen molar-refractivity contribution in [3.8, 4) is 5.75 Å². The number of benzene rings is 1. The van der Waals surface area contributed by atoms with Crippen molar-refractivity contribution in [1.29, 1.82) is 0 Å². The minimum Gasteiger partial charge on any atom is -0.497 e. The normalized spacial score (nSPS) is 26.0. The third-order valence-corrected chi connectivity index (χ3v) is 5.65. The van der Waals surface area contributed by atoms with E-state index in [1.165, 1.54) is 0 Å². The molecule has 2 heterocycles. The van der Waals surface area contributed by atoms with E-state index in [4.69, 9.17) is 10.5 Å². The van der Waals surface area contributed by atoms with Crippen molar-refractivity contribution < 1.29 is 9.53 Å².